The van der Waals surface area contributed by atoms with Gasteiger partial charge in [0.25, 0.3) is 13.0 Å². The van der Waals surface area contributed by atoms with Crippen LogP contribution in [0, 0.1) is 0 Å². The van der Waals surface area contributed by atoms with Crippen molar-refractivity contribution in [3.8, 4) is 34.5 Å². The molecule has 89 heavy (non-hydrogen) atoms. The van der Waals surface area contributed by atoms with Gasteiger partial charge in [-0.2, -0.15) is 30.6 Å². The third-order valence-corrected chi connectivity index (χ3v) is 19.4. The zero-order valence-corrected chi connectivity index (χ0v) is 69.2. The SMILES string of the molecule is CN(/N=C/c1ccccc1[O-])P(=S)(N(C)/N=C/c1ccccc1[O-])N(C)/N=C/c1ccccc1[O-].CN(/N=C/c1ccccc1[O-])P(=S)(N(C)/N=C/c1ccccc1[O-])N(C)/N=C/c1ccccc1[O-].ClC(Cl)Cl.ClC(Cl)Cl.ClC(Cl)Cl.ClC(Cl)Cl.[Zn+2].[Zn+2].[Zn+2]. The predicted molar refractivity (Wildman–Crippen MR) is 361 cm³/mol. The molecular formula is C52H52Cl12N12O6P2S2Zn3. The number of para-hydroxylation sites is 6. The van der Waals surface area contributed by atoms with Crippen LogP contribution in [0.25, 0.3) is 0 Å². The molecule has 0 unspecified atom stereocenters. The van der Waals surface area contributed by atoms with Crippen molar-refractivity contribution in [2.45, 2.75) is 17.2 Å². The van der Waals surface area contributed by atoms with Gasteiger partial charge in [-0.1, -0.05) is 319 Å². The minimum atomic E-state index is -3.02. The average Bonchev–Trinajstić information content (AvgIpc) is 2.68. The molecule has 0 fully saturated rings. The molecule has 0 amide bonds. The summed E-state index contributed by atoms with van der Waals surface area (Å²) in [6.45, 7) is -6.03. The van der Waals surface area contributed by atoms with E-state index in [9.17, 15) is 30.6 Å². The molecule has 0 aliphatic carbocycles. The second-order valence-corrected chi connectivity index (χ2v) is 32.0. The van der Waals surface area contributed by atoms with E-state index < -0.39 is 30.2 Å². The Balaban J connectivity index is -0.00000130. The molecule has 6 aromatic carbocycles. The summed E-state index contributed by atoms with van der Waals surface area (Å²) >= 11 is 69.7. The molecule has 0 bridgehead atoms. The van der Waals surface area contributed by atoms with Gasteiger partial charge in [0.1, 0.15) is 0 Å². The van der Waals surface area contributed by atoms with Crippen LogP contribution in [0.2, 0.25) is 0 Å². The van der Waals surface area contributed by atoms with Gasteiger partial charge in [-0.3, -0.25) is 0 Å². The molecule has 0 aromatic heterocycles. The van der Waals surface area contributed by atoms with Gasteiger partial charge in [0.05, 0.1) is 37.3 Å². The van der Waals surface area contributed by atoms with E-state index >= 15 is 0 Å². The van der Waals surface area contributed by atoms with Gasteiger partial charge < -0.3 is 30.6 Å². The number of nitrogens with zero attached hydrogens (tertiary/aromatic N) is 12. The first-order valence-corrected chi connectivity index (χ1v) is 34.1. The zero-order chi connectivity index (χ0) is 65.2. The van der Waals surface area contributed by atoms with Gasteiger partial charge in [-0.15, -0.1) is 0 Å². The van der Waals surface area contributed by atoms with Crippen LogP contribution in [-0.4, -0.2) is 125 Å². The quantitative estimate of drug-likeness (QED) is 0.0256. The van der Waals surface area contributed by atoms with Crippen molar-refractivity contribution in [2.24, 2.45) is 30.6 Å². The van der Waals surface area contributed by atoms with Crippen LogP contribution in [0.5, 0.6) is 34.5 Å². The molecule has 468 valence electrons. The molecule has 0 saturated carbocycles. The van der Waals surface area contributed by atoms with Crippen molar-refractivity contribution in [3.63, 3.8) is 0 Å². The van der Waals surface area contributed by atoms with E-state index in [1.807, 2.05) is 0 Å². The maximum atomic E-state index is 12.1. The summed E-state index contributed by atoms with van der Waals surface area (Å²) in [5.41, 5.74) is 2.41. The largest absolute Gasteiger partial charge is 2.00 e. The number of hydrazone groups is 6. The zero-order valence-electron chi connectivity index (χ0n) is 47.8. The molecule has 0 aliphatic rings. The van der Waals surface area contributed by atoms with Gasteiger partial charge in [-0.25, -0.2) is 28.7 Å². The summed E-state index contributed by atoms with van der Waals surface area (Å²) < 4.78 is 6.06. The normalized spacial score (nSPS) is 11.0. The summed E-state index contributed by atoms with van der Waals surface area (Å²) in [4.78, 5) is 0. The molecule has 0 radical (unpaired) electrons. The van der Waals surface area contributed by atoms with E-state index in [0.717, 1.165) is 0 Å². The molecule has 0 atom stereocenters. The topological polar surface area (TPSA) is 232 Å². The van der Waals surface area contributed by atoms with Crippen LogP contribution in [0.4, 0.5) is 0 Å². The fraction of sp³-hybridized carbons (Fsp3) is 0.192. The summed E-state index contributed by atoms with van der Waals surface area (Å²) in [5.74, 6) is -1.03. The fourth-order valence-electron chi connectivity index (χ4n) is 5.93. The summed E-state index contributed by atoms with van der Waals surface area (Å²) in [6, 6.07) is 39.0. The van der Waals surface area contributed by atoms with E-state index in [-0.39, 0.29) is 92.9 Å². The van der Waals surface area contributed by atoms with Crippen LogP contribution in [0.15, 0.2) is 176 Å². The van der Waals surface area contributed by atoms with Crippen LogP contribution in [0.3, 0.4) is 0 Å². The number of halogens is 12. The van der Waals surface area contributed by atoms with Crippen LogP contribution in [0.1, 0.15) is 33.4 Å². The van der Waals surface area contributed by atoms with E-state index in [1.54, 1.807) is 151 Å². The number of alkyl halides is 12. The maximum Gasteiger partial charge on any atom is 2.00 e. The summed E-state index contributed by atoms with van der Waals surface area (Å²) in [7, 11) is 9.95. The minimum Gasteiger partial charge on any atom is -0.872 e. The fourth-order valence-corrected chi connectivity index (χ4v) is 10.0. The number of hydrogen-bond donors (Lipinski definition) is 0. The Labute approximate surface area is 627 Å². The van der Waals surface area contributed by atoms with Crippen molar-refractivity contribution in [1.82, 2.24) is 28.7 Å². The Kier molecular flexibility index (Phi) is 50.2. The smallest absolute Gasteiger partial charge is 0.872 e. The molecule has 0 heterocycles. The average molecular weight is 1690 g/mol. The second-order valence-electron chi connectivity index (χ2n) is 15.6. The number of benzene rings is 6. The Bertz CT molecular complexity index is 2730. The Morgan fingerprint density at radius 3 is 0.483 bits per heavy atom. The number of hydrogen-bond acceptors (Lipinski definition) is 14. The van der Waals surface area contributed by atoms with Gasteiger partial charge in [0.15, 0.2) is 17.2 Å². The van der Waals surface area contributed by atoms with E-state index in [4.69, 9.17) is 163 Å². The molecule has 0 saturated heterocycles. The third kappa shape index (κ3) is 35.6. The standard InChI is InChI=1S/2C24H27N6O3PS.4CHCl3.3Zn/c2*1-28(25-16-19-10-4-7-13-22(19)31)34(35,29(2)26-17-20-11-5-8-14-23(20)32)30(3)27-18-21-12-6-9-15-24(21)33;4*2-1(3)4;;;/h2*4-18,31-33H,1-3H3;4*1H;;;/q;;;;;;3*+2/p-6/b2*25-16+,26-17+,27-18+;;;;;;;. The van der Waals surface area contributed by atoms with E-state index in [0.29, 0.717) is 33.4 Å². The van der Waals surface area contributed by atoms with Crippen molar-refractivity contribution in [3.05, 3.63) is 179 Å². The predicted octanol–water partition coefficient (Wildman–Crippen LogP) is 12.6. The van der Waals surface area contributed by atoms with Crippen LogP contribution >= 0.6 is 152 Å². The summed E-state index contributed by atoms with van der Waals surface area (Å²) in [5, 5.41) is 98.9. The van der Waals surface area contributed by atoms with Gasteiger partial charge in [0.2, 0.25) is 0 Å². The van der Waals surface area contributed by atoms with Crippen molar-refractivity contribution in [1.29, 1.82) is 0 Å². The number of rotatable bonds is 18. The van der Waals surface area contributed by atoms with Gasteiger partial charge in [-0.05, 0) is 57.0 Å². The van der Waals surface area contributed by atoms with E-state index in [2.05, 4.69) is 30.6 Å². The molecule has 6 aromatic rings. The van der Waals surface area contributed by atoms with Gasteiger partial charge in [0, 0.05) is 42.3 Å². The summed E-state index contributed by atoms with van der Waals surface area (Å²) in [6.07, 6.45) is 8.57. The second kappa shape index (κ2) is 49.2. The molecule has 6 rings (SSSR count). The van der Waals surface area contributed by atoms with Gasteiger partial charge >= 0.3 is 58.4 Å². The molecule has 37 heteroatoms. The Hall–Kier alpha value is -2.41. The van der Waals surface area contributed by atoms with Crippen molar-refractivity contribution >= 4 is 213 Å². The Morgan fingerprint density at radius 2 is 0.382 bits per heavy atom. The first-order chi connectivity index (χ1) is 40.4. The van der Waals surface area contributed by atoms with Crippen LogP contribution < -0.4 is 30.6 Å². The molecule has 0 aliphatic heterocycles. The van der Waals surface area contributed by atoms with Crippen LogP contribution in [-0.2, 0) is 82.0 Å². The first-order valence-electron chi connectivity index (χ1n) is 23.5. The van der Waals surface area contributed by atoms with Crippen molar-refractivity contribution < 1.29 is 89.1 Å². The first kappa shape index (κ1) is 90.8. The van der Waals surface area contributed by atoms with E-state index in [1.165, 1.54) is 102 Å². The third-order valence-electron chi connectivity index (χ3n) is 9.96. The Morgan fingerprint density at radius 1 is 0.281 bits per heavy atom. The monoisotopic (exact) mass is 1680 g/mol. The molecule has 0 N–H and O–H groups in total. The molecular weight excluding hydrogens is 1640 g/mol. The molecule has 18 nitrogen and oxygen atoms in total. The maximum absolute atomic E-state index is 12.1. The molecule has 0 spiro atoms. The van der Waals surface area contributed by atoms with Crippen molar-refractivity contribution in [2.75, 3.05) is 42.3 Å². The minimum absolute atomic E-state index is 0.